The monoisotopic (exact) mass is 288 g/mol. The Morgan fingerprint density at radius 1 is 1.40 bits per heavy atom. The molecule has 1 atom stereocenters. The van der Waals surface area contributed by atoms with Crippen LogP contribution in [0.1, 0.15) is 25.3 Å². The van der Waals surface area contributed by atoms with Gasteiger partial charge in [-0.05, 0) is 24.8 Å². The third kappa shape index (κ3) is 4.98. The summed E-state index contributed by atoms with van der Waals surface area (Å²) in [5, 5.41) is 1.96. The smallest absolute Gasteiger partial charge is 0.187 e. The normalized spacial score (nSPS) is 12.7. The lowest BCUT2D eigenvalue weighted by atomic mass is 10.1. The maximum atomic E-state index is 4.28. The van der Waals surface area contributed by atoms with Crippen LogP contribution >= 0.6 is 27.7 Å². The average Bonchev–Trinajstić information content (AvgIpc) is 2.26. The van der Waals surface area contributed by atoms with Crippen molar-refractivity contribution in [1.82, 2.24) is 9.97 Å². The van der Waals surface area contributed by atoms with Crippen LogP contribution < -0.4 is 0 Å². The van der Waals surface area contributed by atoms with E-state index in [9.17, 15) is 0 Å². The topological polar surface area (TPSA) is 25.8 Å². The Bertz CT molecular complexity index is 276. The van der Waals surface area contributed by atoms with Gasteiger partial charge in [0.1, 0.15) is 0 Å². The van der Waals surface area contributed by atoms with Gasteiger partial charge in [0.05, 0.1) is 0 Å². The van der Waals surface area contributed by atoms with Crippen molar-refractivity contribution in [3.8, 4) is 0 Å². The fraction of sp³-hybridized carbons (Fsp3) is 0.636. The lowest BCUT2D eigenvalue weighted by Crippen LogP contribution is -2.05. The van der Waals surface area contributed by atoms with Crippen molar-refractivity contribution in [2.24, 2.45) is 5.92 Å². The maximum Gasteiger partial charge on any atom is 0.187 e. The molecule has 1 aromatic heterocycles. The highest BCUT2D eigenvalue weighted by atomic mass is 79.9. The molecule has 0 amide bonds. The van der Waals surface area contributed by atoms with Crippen LogP contribution in [0, 0.1) is 12.8 Å². The van der Waals surface area contributed by atoms with Crippen LogP contribution in [0.3, 0.4) is 0 Å². The molecule has 2 nitrogen and oxygen atoms in total. The lowest BCUT2D eigenvalue weighted by molar-refractivity contribution is 0.597. The maximum absolute atomic E-state index is 4.28. The van der Waals surface area contributed by atoms with Crippen LogP contribution in [0.15, 0.2) is 17.6 Å². The van der Waals surface area contributed by atoms with E-state index >= 15 is 0 Å². The van der Waals surface area contributed by atoms with E-state index in [0.29, 0.717) is 0 Å². The van der Waals surface area contributed by atoms with E-state index in [1.807, 2.05) is 19.3 Å². The van der Waals surface area contributed by atoms with Crippen molar-refractivity contribution < 1.29 is 0 Å². The van der Waals surface area contributed by atoms with E-state index in [0.717, 1.165) is 27.7 Å². The van der Waals surface area contributed by atoms with Crippen molar-refractivity contribution in [3.05, 3.63) is 18.0 Å². The van der Waals surface area contributed by atoms with Crippen LogP contribution in [0.5, 0.6) is 0 Å². The molecule has 0 fully saturated rings. The minimum Gasteiger partial charge on any atom is -0.231 e. The number of hydrogen-bond donors (Lipinski definition) is 0. The van der Waals surface area contributed by atoms with E-state index in [4.69, 9.17) is 0 Å². The third-order valence-electron chi connectivity index (χ3n) is 2.12. The Hall–Kier alpha value is -0.0900. The molecule has 0 aromatic carbocycles. The number of thioether (sulfide) groups is 1. The van der Waals surface area contributed by atoms with Crippen molar-refractivity contribution in [2.75, 3.05) is 11.1 Å². The SMILES string of the molecule is CCCC(CBr)CSc1ncc(C)cn1. The fourth-order valence-electron chi connectivity index (χ4n) is 1.26. The molecule has 0 bridgehead atoms. The van der Waals surface area contributed by atoms with Crippen LogP contribution in [0.25, 0.3) is 0 Å². The van der Waals surface area contributed by atoms with E-state index in [1.54, 1.807) is 11.8 Å². The first-order chi connectivity index (χ1) is 7.26. The van der Waals surface area contributed by atoms with Gasteiger partial charge in [-0.2, -0.15) is 0 Å². The second-order valence-electron chi connectivity index (χ2n) is 3.66. The number of aromatic nitrogens is 2. The second kappa shape index (κ2) is 7.23. The van der Waals surface area contributed by atoms with Gasteiger partial charge in [0.25, 0.3) is 0 Å². The Morgan fingerprint density at radius 2 is 2.07 bits per heavy atom. The largest absolute Gasteiger partial charge is 0.231 e. The van der Waals surface area contributed by atoms with E-state index in [-0.39, 0.29) is 0 Å². The van der Waals surface area contributed by atoms with Crippen molar-refractivity contribution in [3.63, 3.8) is 0 Å². The van der Waals surface area contributed by atoms with Crippen LogP contribution in [0.2, 0.25) is 0 Å². The summed E-state index contributed by atoms with van der Waals surface area (Å²) in [7, 11) is 0. The van der Waals surface area contributed by atoms with Crippen LogP contribution in [-0.4, -0.2) is 21.1 Å². The number of nitrogens with zero attached hydrogens (tertiary/aromatic N) is 2. The van der Waals surface area contributed by atoms with Gasteiger partial charge in [-0.3, -0.25) is 0 Å². The number of rotatable bonds is 6. The lowest BCUT2D eigenvalue weighted by Gasteiger charge is -2.10. The van der Waals surface area contributed by atoms with Crippen LogP contribution in [0.4, 0.5) is 0 Å². The van der Waals surface area contributed by atoms with Gasteiger partial charge in [-0.1, -0.05) is 41.0 Å². The third-order valence-corrected chi connectivity index (χ3v) is 4.14. The minimum absolute atomic E-state index is 0.727. The minimum atomic E-state index is 0.727. The summed E-state index contributed by atoms with van der Waals surface area (Å²) in [6.45, 7) is 4.23. The van der Waals surface area contributed by atoms with E-state index in [1.165, 1.54) is 12.8 Å². The average molecular weight is 289 g/mol. The summed E-state index contributed by atoms with van der Waals surface area (Å²) in [5.41, 5.74) is 1.12. The molecule has 1 aromatic rings. The molecule has 15 heavy (non-hydrogen) atoms. The van der Waals surface area contributed by atoms with Gasteiger partial charge in [0.2, 0.25) is 0 Å². The van der Waals surface area contributed by atoms with Gasteiger partial charge >= 0.3 is 0 Å². The highest BCUT2D eigenvalue weighted by Crippen LogP contribution is 2.20. The molecule has 0 aliphatic heterocycles. The van der Waals surface area contributed by atoms with Gasteiger partial charge < -0.3 is 0 Å². The molecule has 0 saturated carbocycles. The second-order valence-corrected chi connectivity index (χ2v) is 5.30. The quantitative estimate of drug-likeness (QED) is 0.454. The Balaban J connectivity index is 2.38. The molecule has 0 spiro atoms. The number of alkyl halides is 1. The summed E-state index contributed by atoms with van der Waals surface area (Å²) < 4.78 is 0. The van der Waals surface area contributed by atoms with Crippen molar-refractivity contribution in [2.45, 2.75) is 31.8 Å². The number of aryl methyl sites for hydroxylation is 1. The van der Waals surface area contributed by atoms with E-state index in [2.05, 4.69) is 32.8 Å². The highest BCUT2D eigenvalue weighted by Gasteiger charge is 2.07. The molecule has 4 heteroatoms. The first-order valence-corrected chi connectivity index (χ1v) is 7.34. The standard InChI is InChI=1S/C11H17BrN2S/c1-3-4-10(5-12)8-15-11-13-6-9(2)7-14-11/h6-7,10H,3-5,8H2,1-2H3. The summed E-state index contributed by atoms with van der Waals surface area (Å²) in [5.74, 6) is 1.83. The molecule has 1 rings (SSSR count). The zero-order valence-electron chi connectivity index (χ0n) is 9.24. The fourth-order valence-corrected chi connectivity index (χ4v) is 3.04. The predicted molar refractivity (Wildman–Crippen MR) is 69.7 cm³/mol. The molecule has 1 unspecified atom stereocenters. The van der Waals surface area contributed by atoms with Gasteiger partial charge in [-0.25, -0.2) is 9.97 Å². The highest BCUT2D eigenvalue weighted by molar-refractivity contribution is 9.09. The molecule has 84 valence electrons. The zero-order valence-corrected chi connectivity index (χ0v) is 11.6. The summed E-state index contributed by atoms with van der Waals surface area (Å²) >= 11 is 5.30. The Labute approximate surface area is 104 Å². The summed E-state index contributed by atoms with van der Waals surface area (Å²) in [6, 6.07) is 0. The first kappa shape index (κ1) is 13.0. The molecule has 0 aliphatic rings. The number of halogens is 1. The van der Waals surface area contributed by atoms with Gasteiger partial charge in [-0.15, -0.1) is 0 Å². The predicted octanol–water partition coefficient (Wildman–Crippen LogP) is 3.69. The molecule has 0 saturated heterocycles. The molecule has 0 radical (unpaired) electrons. The molecule has 0 N–H and O–H groups in total. The zero-order chi connectivity index (χ0) is 11.1. The van der Waals surface area contributed by atoms with Gasteiger partial charge in [0.15, 0.2) is 5.16 Å². The van der Waals surface area contributed by atoms with Crippen molar-refractivity contribution in [1.29, 1.82) is 0 Å². The van der Waals surface area contributed by atoms with Gasteiger partial charge in [0, 0.05) is 23.5 Å². The molecular formula is C11H17BrN2S. The number of hydrogen-bond acceptors (Lipinski definition) is 3. The molecule has 0 aliphatic carbocycles. The molecule has 1 heterocycles. The Kier molecular flexibility index (Phi) is 6.25. The van der Waals surface area contributed by atoms with Crippen molar-refractivity contribution >= 4 is 27.7 Å². The summed E-state index contributed by atoms with van der Waals surface area (Å²) in [4.78, 5) is 8.56. The first-order valence-electron chi connectivity index (χ1n) is 5.23. The molecular weight excluding hydrogens is 272 g/mol. The van der Waals surface area contributed by atoms with Crippen LogP contribution in [-0.2, 0) is 0 Å². The Morgan fingerprint density at radius 3 is 2.60 bits per heavy atom. The summed E-state index contributed by atoms with van der Waals surface area (Å²) in [6.07, 6.45) is 6.26. The van der Waals surface area contributed by atoms with E-state index < -0.39 is 0 Å².